The highest BCUT2D eigenvalue weighted by molar-refractivity contribution is 6.71. The Balaban J connectivity index is 1.86. The zero-order valence-electron chi connectivity index (χ0n) is 31.1. The molecule has 3 fully saturated rings. The van der Waals surface area contributed by atoms with Crippen LogP contribution in [0.2, 0.25) is 78.6 Å². The van der Waals surface area contributed by atoms with Gasteiger partial charge in [-0.15, -0.1) is 0 Å². The highest BCUT2D eigenvalue weighted by Gasteiger charge is 2.70. The highest BCUT2D eigenvalue weighted by Crippen LogP contribution is 2.70. The third-order valence-corrected chi connectivity index (χ3v) is 15.0. The van der Waals surface area contributed by atoms with Crippen LogP contribution in [0.15, 0.2) is 16.8 Å². The van der Waals surface area contributed by atoms with Gasteiger partial charge < -0.3 is 22.5 Å². The third-order valence-electron chi connectivity index (χ3n) is 11.0. The minimum Gasteiger partial charge on any atom is -0.415 e. The second-order valence-electron chi connectivity index (χ2n) is 18.9. The van der Waals surface area contributed by atoms with Crippen molar-refractivity contribution in [2.75, 3.05) is 13.7 Å². The zero-order chi connectivity index (χ0) is 33.1. The molecule has 4 rings (SSSR count). The summed E-state index contributed by atoms with van der Waals surface area (Å²) in [5.74, 6) is 1.70. The van der Waals surface area contributed by atoms with Crippen molar-refractivity contribution in [2.24, 2.45) is 33.7 Å². The topological polar surface area (TPSA) is 58.5 Å². The van der Waals surface area contributed by atoms with Gasteiger partial charge in [-0.2, -0.15) is 0 Å². The fraction of sp³-hybridized carbons (Fsp3) is 0.912. The van der Waals surface area contributed by atoms with Gasteiger partial charge >= 0.3 is 0 Å². The molecule has 254 valence electrons. The zero-order valence-corrected chi connectivity index (χ0v) is 35.1. The van der Waals surface area contributed by atoms with Crippen molar-refractivity contribution in [1.29, 1.82) is 0 Å². The van der Waals surface area contributed by atoms with Crippen molar-refractivity contribution in [3.63, 3.8) is 0 Å². The summed E-state index contributed by atoms with van der Waals surface area (Å²) in [5.41, 5.74) is 2.36. The van der Waals surface area contributed by atoms with Crippen molar-refractivity contribution in [2.45, 2.75) is 155 Å². The predicted octanol–water partition coefficient (Wildman–Crippen LogP) is 9.44. The number of oxime groups is 1. The molecule has 0 N–H and O–H groups in total. The molecule has 44 heavy (non-hydrogen) atoms. The molecule has 0 aromatic rings. The van der Waals surface area contributed by atoms with Gasteiger partial charge in [0.2, 0.25) is 0 Å². The molecule has 4 aliphatic carbocycles. The van der Waals surface area contributed by atoms with Gasteiger partial charge in [0.25, 0.3) is 0 Å². The predicted molar refractivity (Wildman–Crippen MR) is 194 cm³/mol. The van der Waals surface area contributed by atoms with Gasteiger partial charge in [0.05, 0.1) is 24.0 Å². The minimum atomic E-state index is -1.98. The normalized spacial score (nSPS) is 38.1. The van der Waals surface area contributed by atoms with Crippen molar-refractivity contribution >= 4 is 39.0 Å². The van der Waals surface area contributed by atoms with Gasteiger partial charge in [-0.25, -0.2) is 0 Å². The van der Waals surface area contributed by atoms with E-state index in [1.807, 2.05) is 0 Å². The molecule has 4 aliphatic rings. The van der Waals surface area contributed by atoms with Crippen molar-refractivity contribution < 1.29 is 22.5 Å². The first-order valence-corrected chi connectivity index (χ1v) is 31.1. The van der Waals surface area contributed by atoms with Gasteiger partial charge in [0.1, 0.15) is 7.11 Å². The second-order valence-corrected chi connectivity index (χ2v) is 36.7. The van der Waals surface area contributed by atoms with Crippen LogP contribution in [0.25, 0.3) is 0 Å². The third kappa shape index (κ3) is 7.63. The molecule has 10 heteroatoms. The van der Waals surface area contributed by atoms with Crippen LogP contribution in [-0.4, -0.2) is 70.5 Å². The summed E-state index contributed by atoms with van der Waals surface area (Å²) in [6.45, 7) is 33.9. The van der Waals surface area contributed by atoms with Gasteiger partial charge in [0, 0.05) is 11.5 Å². The molecule has 0 aromatic heterocycles. The molecule has 0 heterocycles. The van der Waals surface area contributed by atoms with Crippen molar-refractivity contribution in [1.82, 2.24) is 0 Å². The highest BCUT2D eigenvalue weighted by atomic mass is 28.4. The van der Waals surface area contributed by atoms with E-state index >= 15 is 0 Å². The Labute approximate surface area is 275 Å². The van der Waals surface area contributed by atoms with Gasteiger partial charge in [-0.05, 0) is 153 Å². The van der Waals surface area contributed by atoms with E-state index in [1.54, 1.807) is 12.7 Å². The van der Waals surface area contributed by atoms with E-state index in [9.17, 15) is 0 Å². The van der Waals surface area contributed by atoms with Crippen LogP contribution >= 0.6 is 0 Å². The van der Waals surface area contributed by atoms with E-state index in [2.05, 4.69) is 104 Å². The smallest absolute Gasteiger partial charge is 0.184 e. The molecule has 0 radical (unpaired) electrons. The van der Waals surface area contributed by atoms with Gasteiger partial charge in [-0.3, -0.25) is 0 Å². The lowest BCUT2D eigenvalue weighted by Gasteiger charge is -2.64. The molecule has 8 atom stereocenters. The lowest BCUT2D eigenvalue weighted by Crippen LogP contribution is -2.67. The van der Waals surface area contributed by atoms with E-state index in [0.717, 1.165) is 37.8 Å². The summed E-state index contributed by atoms with van der Waals surface area (Å²) in [6, 6.07) is 0. The second kappa shape index (κ2) is 12.4. The molecule has 3 saturated carbocycles. The summed E-state index contributed by atoms with van der Waals surface area (Å²) in [4.78, 5) is 5.21. The van der Waals surface area contributed by atoms with Crippen LogP contribution in [-0.2, 0) is 22.5 Å². The van der Waals surface area contributed by atoms with Gasteiger partial charge in [0.15, 0.2) is 33.3 Å². The summed E-state index contributed by atoms with van der Waals surface area (Å²) >= 11 is 0. The van der Waals surface area contributed by atoms with Crippen molar-refractivity contribution in [3.8, 4) is 0 Å². The average Bonchev–Trinajstić information content (AvgIpc) is 3.10. The lowest BCUT2D eigenvalue weighted by atomic mass is 9.45. The molecule has 8 unspecified atom stereocenters. The number of fused-ring (bicyclic) bond motifs is 5. The lowest BCUT2D eigenvalue weighted by molar-refractivity contribution is -0.192. The molecule has 0 saturated heterocycles. The number of allylic oxidation sites excluding steroid dienone is 2. The first-order chi connectivity index (χ1) is 19.9. The van der Waals surface area contributed by atoms with E-state index in [-0.39, 0.29) is 28.6 Å². The number of hydrogen-bond acceptors (Lipinski definition) is 6. The summed E-state index contributed by atoms with van der Waals surface area (Å²) in [6.07, 6.45) is 10.3. The Morgan fingerprint density at radius 3 is 2.05 bits per heavy atom. The number of hydrogen-bond donors (Lipinski definition) is 0. The molecule has 0 aromatic carbocycles. The molecule has 0 amide bonds. The Morgan fingerprint density at radius 2 is 1.50 bits per heavy atom. The van der Waals surface area contributed by atoms with E-state index in [4.69, 9.17) is 22.5 Å². The van der Waals surface area contributed by atoms with Crippen LogP contribution < -0.4 is 0 Å². The average molecular weight is 682 g/mol. The van der Waals surface area contributed by atoms with E-state index < -0.39 is 33.3 Å². The Bertz CT molecular complexity index is 1100. The van der Waals surface area contributed by atoms with Gasteiger partial charge in [-0.1, -0.05) is 24.6 Å². The molecule has 0 spiro atoms. The molecular formula is C34H67NO5Si4. The molecule has 0 bridgehead atoms. The maximum absolute atomic E-state index is 7.65. The van der Waals surface area contributed by atoms with Crippen LogP contribution in [0.5, 0.6) is 0 Å². The maximum Gasteiger partial charge on any atom is 0.184 e. The number of nitrogens with zero attached hydrogens (tertiary/aromatic N) is 1. The van der Waals surface area contributed by atoms with Crippen LogP contribution in [0, 0.1) is 28.6 Å². The summed E-state index contributed by atoms with van der Waals surface area (Å²) in [5, 5.41) is 4.37. The quantitative estimate of drug-likeness (QED) is 0.161. The largest absolute Gasteiger partial charge is 0.415 e. The molecular weight excluding hydrogens is 615 g/mol. The first-order valence-electron chi connectivity index (χ1n) is 17.4. The van der Waals surface area contributed by atoms with Crippen LogP contribution in [0.3, 0.4) is 0 Å². The summed E-state index contributed by atoms with van der Waals surface area (Å²) < 4.78 is 29.1. The fourth-order valence-corrected chi connectivity index (χ4v) is 14.2. The SMILES string of the molecule is CO/N=C1/C=C2CCC3C(C(O[Si](C)(C)C)CC4(C)C3CCC4(O[Si](C)(C)C)C(CO[Si](C)(C)C)O[Si](C)(C)C)C2(C)CC1. The Morgan fingerprint density at radius 1 is 0.841 bits per heavy atom. The van der Waals surface area contributed by atoms with Crippen LogP contribution in [0.1, 0.15) is 58.8 Å². The maximum atomic E-state index is 7.65. The minimum absolute atomic E-state index is 0.0548. The molecule has 0 aliphatic heterocycles. The molecule has 6 nitrogen and oxygen atoms in total. The van der Waals surface area contributed by atoms with Crippen molar-refractivity contribution in [3.05, 3.63) is 11.6 Å². The van der Waals surface area contributed by atoms with Crippen LogP contribution in [0.4, 0.5) is 0 Å². The van der Waals surface area contributed by atoms with E-state index in [1.165, 1.54) is 12.8 Å². The standard InChI is InChI=1S/C34H67NO5Si4/c1-32-20-18-26(35-36-3)22-25(32)16-17-27-28-19-21-34(40-44(13,14)15,30(39-43(10,11)12)24-37-41(4,5)6)33(28,2)23-29(31(27)32)38-42(7,8)9/h22,27-31H,16-21,23-24H2,1-15H3/b35-26+. The number of rotatable bonds is 11. The monoisotopic (exact) mass is 681 g/mol. The Hall–Kier alpha value is -0.0825. The first kappa shape index (κ1) is 36.7. The van der Waals surface area contributed by atoms with E-state index in [0.29, 0.717) is 24.4 Å². The Kier molecular flexibility index (Phi) is 10.4. The summed E-state index contributed by atoms with van der Waals surface area (Å²) in [7, 11) is -5.85. The fourth-order valence-electron chi connectivity index (χ4n) is 9.76.